The van der Waals surface area contributed by atoms with Crippen molar-refractivity contribution in [1.29, 1.82) is 5.26 Å². The van der Waals surface area contributed by atoms with E-state index in [9.17, 15) is 23.2 Å². The number of amides is 1. The lowest BCUT2D eigenvalue weighted by Gasteiger charge is -2.22. The first-order valence-electron chi connectivity index (χ1n) is 12.0. The normalized spacial score (nSPS) is 11.8. The minimum Gasteiger partial charge on any atom is -0.322 e. The molecule has 39 heavy (non-hydrogen) atoms. The summed E-state index contributed by atoms with van der Waals surface area (Å²) >= 11 is 0. The van der Waals surface area contributed by atoms with Crippen LogP contribution >= 0.6 is 0 Å². The van der Waals surface area contributed by atoms with E-state index in [1.54, 1.807) is 62.2 Å². The van der Waals surface area contributed by atoms with Crippen LogP contribution in [-0.4, -0.2) is 20.7 Å². The lowest BCUT2D eigenvalue weighted by atomic mass is 9.91. The van der Waals surface area contributed by atoms with Crippen molar-refractivity contribution in [2.75, 3.05) is 5.32 Å². The Balaban J connectivity index is 1.69. The van der Waals surface area contributed by atoms with Crippen molar-refractivity contribution in [3.8, 4) is 28.5 Å². The highest BCUT2D eigenvalue weighted by molar-refractivity contribution is 6.05. The van der Waals surface area contributed by atoms with Gasteiger partial charge in [0.25, 0.3) is 5.91 Å². The molecule has 0 fully saturated rings. The first-order chi connectivity index (χ1) is 18.2. The van der Waals surface area contributed by atoms with E-state index in [1.807, 2.05) is 13.8 Å². The van der Waals surface area contributed by atoms with E-state index >= 15 is 0 Å². The maximum atomic E-state index is 13.5. The van der Waals surface area contributed by atoms with Gasteiger partial charge < -0.3 is 11.1 Å². The predicted molar refractivity (Wildman–Crippen MR) is 143 cm³/mol. The quantitative estimate of drug-likeness (QED) is 0.323. The second-order valence-corrected chi connectivity index (χ2v) is 10.0. The Labute approximate surface area is 224 Å². The van der Waals surface area contributed by atoms with Crippen molar-refractivity contribution < 1.29 is 18.0 Å². The number of aryl methyl sites for hydroxylation is 3. The van der Waals surface area contributed by atoms with E-state index < -0.39 is 23.2 Å². The maximum Gasteiger partial charge on any atom is 0.416 e. The highest BCUT2D eigenvalue weighted by Gasteiger charge is 2.33. The molecule has 10 heteroatoms. The fourth-order valence-electron chi connectivity index (χ4n) is 4.25. The number of nitrogens with one attached hydrogen (secondary N) is 1. The Morgan fingerprint density at radius 1 is 1.05 bits per heavy atom. The molecular weight excluding hydrogens is 505 g/mol. The lowest BCUT2D eigenvalue weighted by molar-refractivity contribution is -0.137. The third-order valence-electron chi connectivity index (χ3n) is 6.35. The van der Waals surface area contributed by atoms with Gasteiger partial charge in [-0.3, -0.25) is 14.5 Å². The highest BCUT2D eigenvalue weighted by atomic mass is 19.4. The van der Waals surface area contributed by atoms with Crippen LogP contribution in [0.4, 0.5) is 18.9 Å². The minimum atomic E-state index is -4.64. The summed E-state index contributed by atoms with van der Waals surface area (Å²) in [5.74, 6) is -0.709. The molecule has 1 amide bonds. The van der Waals surface area contributed by atoms with Crippen molar-refractivity contribution in [3.63, 3.8) is 0 Å². The average Bonchev–Trinajstić information content (AvgIpc) is 3.20. The van der Waals surface area contributed by atoms with E-state index in [4.69, 9.17) is 5.73 Å². The molecule has 0 unspecified atom stereocenters. The van der Waals surface area contributed by atoms with Gasteiger partial charge in [0.2, 0.25) is 0 Å². The van der Waals surface area contributed by atoms with E-state index in [0.717, 1.165) is 29.0 Å². The SMILES string of the molecule is Cc1ccc(NC(=O)c2cc(C(C)(C)N)cc(C(F)(F)F)c2)cc1-c1cnc(-c2cn(C)nc2C)c(C#N)c1. The Bertz CT molecular complexity index is 1590. The van der Waals surface area contributed by atoms with Gasteiger partial charge in [-0.25, -0.2) is 0 Å². The van der Waals surface area contributed by atoms with Gasteiger partial charge in [-0.1, -0.05) is 6.07 Å². The van der Waals surface area contributed by atoms with E-state index in [-0.39, 0.29) is 11.1 Å². The number of hydrogen-bond acceptors (Lipinski definition) is 5. The van der Waals surface area contributed by atoms with Crippen LogP contribution in [0.5, 0.6) is 0 Å². The van der Waals surface area contributed by atoms with Crippen LogP contribution in [0.15, 0.2) is 54.9 Å². The van der Waals surface area contributed by atoms with Gasteiger partial charge in [0.1, 0.15) is 6.07 Å². The monoisotopic (exact) mass is 532 g/mol. The number of pyridine rings is 1. The number of anilines is 1. The van der Waals surface area contributed by atoms with Crippen LogP contribution in [0.1, 0.15) is 52.2 Å². The number of nitrogens with two attached hydrogens (primary N) is 1. The second-order valence-electron chi connectivity index (χ2n) is 10.0. The molecule has 0 atom stereocenters. The summed E-state index contributed by atoms with van der Waals surface area (Å²) in [6, 6.07) is 12.2. The molecule has 0 aliphatic rings. The third-order valence-corrected chi connectivity index (χ3v) is 6.35. The number of rotatable bonds is 5. The number of nitriles is 1. The van der Waals surface area contributed by atoms with Crippen LogP contribution in [0.2, 0.25) is 0 Å². The summed E-state index contributed by atoms with van der Waals surface area (Å²) < 4.78 is 42.2. The number of alkyl halides is 3. The molecule has 0 radical (unpaired) electrons. The lowest BCUT2D eigenvalue weighted by Crippen LogP contribution is -2.30. The molecule has 0 aliphatic carbocycles. The smallest absolute Gasteiger partial charge is 0.322 e. The summed E-state index contributed by atoms with van der Waals surface area (Å²) in [6.07, 6.45) is -1.21. The first-order valence-corrected chi connectivity index (χ1v) is 12.0. The number of carbonyl (C=O) groups excluding carboxylic acids is 1. The van der Waals surface area contributed by atoms with Gasteiger partial charge in [0, 0.05) is 47.4 Å². The van der Waals surface area contributed by atoms with Crippen molar-refractivity contribution in [2.45, 2.75) is 39.4 Å². The number of benzene rings is 2. The predicted octanol–water partition coefficient (Wildman–Crippen LogP) is 6.10. The van der Waals surface area contributed by atoms with Crippen molar-refractivity contribution >= 4 is 11.6 Å². The molecule has 200 valence electrons. The molecule has 2 heterocycles. The number of halogens is 3. The fraction of sp³-hybridized carbons (Fsp3) is 0.241. The zero-order valence-electron chi connectivity index (χ0n) is 22.1. The van der Waals surface area contributed by atoms with E-state index in [2.05, 4.69) is 21.5 Å². The molecule has 7 nitrogen and oxygen atoms in total. The van der Waals surface area contributed by atoms with Gasteiger partial charge in [0.15, 0.2) is 0 Å². The zero-order chi connectivity index (χ0) is 28.7. The minimum absolute atomic E-state index is 0.162. The molecule has 3 N–H and O–H groups in total. The molecule has 0 bridgehead atoms. The Morgan fingerprint density at radius 3 is 2.33 bits per heavy atom. The van der Waals surface area contributed by atoms with Crippen LogP contribution in [0.3, 0.4) is 0 Å². The Hall–Kier alpha value is -4.49. The standard InChI is InChI=1S/C29H27F3N6O/c1-16-6-7-23(36-27(39)18-9-21(28(3,4)34)11-22(10-18)29(30,31)32)12-24(16)20-8-19(13-33)26(35-14-20)25-15-38(5)37-17(25)2/h6-12,14-15H,34H2,1-5H3,(H,36,39). The number of carbonyl (C=O) groups is 1. The molecular formula is C29H27F3N6O. The summed E-state index contributed by atoms with van der Waals surface area (Å²) in [6.45, 7) is 6.85. The fourth-order valence-corrected chi connectivity index (χ4v) is 4.25. The van der Waals surface area contributed by atoms with E-state index in [1.165, 1.54) is 6.07 Å². The van der Waals surface area contributed by atoms with Gasteiger partial charge in [-0.2, -0.15) is 23.5 Å². The topological polar surface area (TPSA) is 110 Å². The molecule has 0 aliphatic heterocycles. The molecule has 2 aromatic carbocycles. The van der Waals surface area contributed by atoms with Crippen LogP contribution in [-0.2, 0) is 18.8 Å². The molecule has 4 aromatic rings. The van der Waals surface area contributed by atoms with Gasteiger partial charge >= 0.3 is 6.18 Å². The summed E-state index contributed by atoms with van der Waals surface area (Å²) in [5, 5.41) is 16.8. The average molecular weight is 533 g/mol. The molecule has 0 spiro atoms. The van der Waals surface area contributed by atoms with Gasteiger partial charge in [-0.15, -0.1) is 0 Å². The van der Waals surface area contributed by atoms with Crippen LogP contribution in [0.25, 0.3) is 22.4 Å². The van der Waals surface area contributed by atoms with Crippen molar-refractivity contribution in [2.24, 2.45) is 12.8 Å². The first kappa shape index (κ1) is 27.5. The van der Waals surface area contributed by atoms with Crippen LogP contribution < -0.4 is 11.1 Å². The molecule has 0 saturated heterocycles. The number of hydrogen-bond donors (Lipinski definition) is 2. The van der Waals surface area contributed by atoms with Crippen molar-refractivity contribution in [1.82, 2.24) is 14.8 Å². The maximum absolute atomic E-state index is 13.5. The third kappa shape index (κ3) is 5.84. The van der Waals surface area contributed by atoms with E-state index in [0.29, 0.717) is 28.1 Å². The van der Waals surface area contributed by atoms with Crippen LogP contribution in [0, 0.1) is 25.2 Å². The zero-order valence-corrected chi connectivity index (χ0v) is 22.1. The van der Waals surface area contributed by atoms with Gasteiger partial charge in [0.05, 0.1) is 22.5 Å². The highest BCUT2D eigenvalue weighted by Crippen LogP contribution is 2.34. The summed E-state index contributed by atoms with van der Waals surface area (Å²) in [5.41, 5.74) is 8.98. The number of aromatic nitrogens is 3. The molecule has 2 aromatic heterocycles. The Morgan fingerprint density at radius 2 is 1.74 bits per heavy atom. The number of nitrogens with zero attached hydrogens (tertiary/aromatic N) is 4. The van der Waals surface area contributed by atoms with Crippen molar-refractivity contribution in [3.05, 3.63) is 88.4 Å². The second kappa shape index (κ2) is 10.0. The largest absolute Gasteiger partial charge is 0.416 e. The molecule has 4 rings (SSSR count). The summed E-state index contributed by atoms with van der Waals surface area (Å²) in [7, 11) is 1.79. The van der Waals surface area contributed by atoms with Gasteiger partial charge in [-0.05, 0) is 80.8 Å². The Kier molecular flexibility index (Phi) is 7.06. The summed E-state index contributed by atoms with van der Waals surface area (Å²) in [4.78, 5) is 17.6. The molecule has 0 saturated carbocycles.